The van der Waals surface area contributed by atoms with E-state index in [4.69, 9.17) is 13.9 Å². The number of amides is 1. The van der Waals surface area contributed by atoms with Gasteiger partial charge in [-0.2, -0.15) is 4.98 Å². The highest BCUT2D eigenvalue weighted by Gasteiger charge is 2.41. The van der Waals surface area contributed by atoms with Crippen LogP contribution in [0, 0.1) is 5.41 Å². The largest absolute Gasteiger partial charge is 0.490 e. The third-order valence-corrected chi connectivity index (χ3v) is 6.86. The standard InChI is InChI=1S/C24H26N4O4/c1-27-10-11-31-21-4-2-16(12-19(21)27)22(29)25-17-3-5-20-18(13-17)26-23(32-20)28-8-6-24(7-9-28)14-30-15-24/h2-5,12-13H,6-11,14-15H2,1H3,(H,25,29). The Bertz CT molecular complexity index is 1180. The fourth-order valence-electron chi connectivity index (χ4n) is 4.68. The summed E-state index contributed by atoms with van der Waals surface area (Å²) in [6.45, 7) is 5.07. The highest BCUT2D eigenvalue weighted by molar-refractivity contribution is 6.05. The molecule has 0 unspecified atom stereocenters. The quantitative estimate of drug-likeness (QED) is 0.676. The molecule has 32 heavy (non-hydrogen) atoms. The van der Waals surface area contributed by atoms with Crippen LogP contribution in [-0.2, 0) is 4.74 Å². The van der Waals surface area contributed by atoms with Gasteiger partial charge in [0.15, 0.2) is 5.58 Å². The molecule has 1 amide bonds. The van der Waals surface area contributed by atoms with Gasteiger partial charge in [0.25, 0.3) is 11.9 Å². The first kappa shape index (κ1) is 19.4. The summed E-state index contributed by atoms with van der Waals surface area (Å²) in [4.78, 5) is 21.8. The number of carbonyl (C=O) groups excluding carboxylic acids is 1. The first-order valence-corrected chi connectivity index (χ1v) is 11.1. The molecule has 8 heteroatoms. The van der Waals surface area contributed by atoms with E-state index in [-0.39, 0.29) is 5.91 Å². The average Bonchev–Trinajstić information content (AvgIpc) is 3.21. The maximum atomic E-state index is 12.9. The number of hydrogen-bond acceptors (Lipinski definition) is 7. The van der Waals surface area contributed by atoms with E-state index in [1.54, 1.807) is 6.07 Å². The molecule has 4 heterocycles. The molecular formula is C24H26N4O4. The summed E-state index contributed by atoms with van der Waals surface area (Å²) in [6.07, 6.45) is 2.21. The van der Waals surface area contributed by atoms with Crippen LogP contribution in [0.25, 0.3) is 11.1 Å². The Morgan fingerprint density at radius 3 is 2.72 bits per heavy atom. The van der Waals surface area contributed by atoms with Crippen molar-refractivity contribution in [2.24, 2.45) is 5.41 Å². The molecule has 1 aromatic heterocycles. The number of ether oxygens (including phenoxy) is 2. The molecule has 2 fully saturated rings. The molecule has 0 radical (unpaired) electrons. The smallest absolute Gasteiger partial charge is 0.298 e. The Kier molecular flexibility index (Phi) is 4.50. The number of piperidine rings is 1. The van der Waals surface area contributed by atoms with Crippen LogP contribution in [0.3, 0.4) is 0 Å². The number of aromatic nitrogens is 1. The normalized spacial score (nSPS) is 19.4. The molecule has 0 bridgehead atoms. The number of nitrogens with one attached hydrogen (secondary N) is 1. The SMILES string of the molecule is CN1CCOc2ccc(C(=O)Nc3ccc4oc(N5CCC6(CC5)COC6)nc4c3)cc21. The van der Waals surface area contributed by atoms with Crippen LogP contribution >= 0.6 is 0 Å². The van der Waals surface area contributed by atoms with Gasteiger partial charge in [-0.15, -0.1) is 0 Å². The Morgan fingerprint density at radius 2 is 1.94 bits per heavy atom. The monoisotopic (exact) mass is 434 g/mol. The van der Waals surface area contributed by atoms with E-state index < -0.39 is 0 Å². The van der Waals surface area contributed by atoms with Gasteiger partial charge in [-0.1, -0.05) is 0 Å². The minimum absolute atomic E-state index is 0.168. The number of hydrogen-bond donors (Lipinski definition) is 1. The number of carbonyl (C=O) groups is 1. The van der Waals surface area contributed by atoms with Gasteiger partial charge in [0.05, 0.1) is 25.4 Å². The molecule has 1 spiro atoms. The van der Waals surface area contributed by atoms with Gasteiger partial charge < -0.3 is 29.0 Å². The minimum atomic E-state index is -0.168. The summed E-state index contributed by atoms with van der Waals surface area (Å²) in [5.74, 6) is 0.638. The number of oxazole rings is 1. The van der Waals surface area contributed by atoms with E-state index in [0.29, 0.717) is 29.3 Å². The zero-order valence-electron chi connectivity index (χ0n) is 18.1. The van der Waals surface area contributed by atoms with Crippen molar-refractivity contribution in [1.29, 1.82) is 0 Å². The molecule has 1 N–H and O–H groups in total. The molecule has 166 valence electrons. The van der Waals surface area contributed by atoms with Gasteiger partial charge in [0.2, 0.25) is 0 Å². The molecule has 0 saturated carbocycles. The summed E-state index contributed by atoms with van der Waals surface area (Å²) >= 11 is 0. The van der Waals surface area contributed by atoms with Crippen LogP contribution in [0.2, 0.25) is 0 Å². The second kappa shape index (κ2) is 7.41. The Balaban J connectivity index is 1.18. The van der Waals surface area contributed by atoms with Crippen molar-refractivity contribution in [3.05, 3.63) is 42.0 Å². The third-order valence-electron chi connectivity index (χ3n) is 6.86. The highest BCUT2D eigenvalue weighted by Crippen LogP contribution is 2.40. The Morgan fingerprint density at radius 1 is 1.09 bits per heavy atom. The summed E-state index contributed by atoms with van der Waals surface area (Å²) in [5, 5.41) is 2.98. The second-order valence-electron chi connectivity index (χ2n) is 9.07. The zero-order chi connectivity index (χ0) is 21.7. The number of rotatable bonds is 3. The van der Waals surface area contributed by atoms with Crippen LogP contribution in [0.1, 0.15) is 23.2 Å². The Labute approximate surface area is 186 Å². The maximum Gasteiger partial charge on any atom is 0.298 e. The first-order chi connectivity index (χ1) is 15.6. The van der Waals surface area contributed by atoms with Crippen molar-refractivity contribution in [2.75, 3.05) is 61.6 Å². The lowest BCUT2D eigenvalue weighted by Crippen LogP contribution is -2.51. The van der Waals surface area contributed by atoms with Gasteiger partial charge in [0, 0.05) is 36.8 Å². The Hall–Kier alpha value is -3.26. The fraction of sp³-hybridized carbons (Fsp3) is 0.417. The molecule has 3 aliphatic rings. The minimum Gasteiger partial charge on any atom is -0.490 e. The molecule has 2 aromatic carbocycles. The predicted octanol–water partition coefficient (Wildman–Crippen LogP) is 3.53. The first-order valence-electron chi connectivity index (χ1n) is 11.1. The van der Waals surface area contributed by atoms with E-state index >= 15 is 0 Å². The maximum absolute atomic E-state index is 12.9. The molecule has 0 atom stereocenters. The van der Waals surface area contributed by atoms with E-state index in [1.165, 1.54) is 0 Å². The average molecular weight is 434 g/mol. The van der Waals surface area contributed by atoms with Crippen LogP contribution in [0.4, 0.5) is 17.4 Å². The lowest BCUT2D eigenvalue weighted by atomic mass is 9.77. The number of nitrogens with zero attached hydrogens (tertiary/aromatic N) is 3. The van der Waals surface area contributed by atoms with Gasteiger partial charge in [0.1, 0.15) is 17.9 Å². The number of benzene rings is 2. The summed E-state index contributed by atoms with van der Waals surface area (Å²) in [5.41, 5.74) is 4.04. The summed E-state index contributed by atoms with van der Waals surface area (Å²) < 4.78 is 17.1. The lowest BCUT2D eigenvalue weighted by molar-refractivity contribution is -0.124. The highest BCUT2D eigenvalue weighted by atomic mass is 16.5. The molecule has 6 rings (SSSR count). The van der Waals surface area contributed by atoms with Gasteiger partial charge in [-0.05, 0) is 49.2 Å². The molecular weight excluding hydrogens is 408 g/mol. The molecule has 3 aromatic rings. The van der Waals surface area contributed by atoms with Crippen molar-refractivity contribution >= 4 is 34.4 Å². The molecule has 3 aliphatic heterocycles. The summed E-state index contributed by atoms with van der Waals surface area (Å²) in [7, 11) is 2.00. The molecule has 0 aliphatic carbocycles. The topological polar surface area (TPSA) is 80.1 Å². The van der Waals surface area contributed by atoms with E-state index in [2.05, 4.69) is 20.1 Å². The van der Waals surface area contributed by atoms with Gasteiger partial charge >= 0.3 is 0 Å². The fourth-order valence-corrected chi connectivity index (χ4v) is 4.68. The van der Waals surface area contributed by atoms with Crippen LogP contribution in [0.5, 0.6) is 5.75 Å². The number of likely N-dealkylation sites (N-methyl/N-ethyl adjacent to an activating group) is 1. The van der Waals surface area contributed by atoms with Crippen LogP contribution in [-0.4, -0.2) is 57.4 Å². The van der Waals surface area contributed by atoms with E-state index in [0.717, 1.165) is 68.2 Å². The number of fused-ring (bicyclic) bond motifs is 2. The van der Waals surface area contributed by atoms with Crippen molar-refractivity contribution in [3.8, 4) is 5.75 Å². The van der Waals surface area contributed by atoms with Crippen LogP contribution < -0.4 is 19.9 Å². The zero-order valence-corrected chi connectivity index (χ0v) is 18.1. The second-order valence-corrected chi connectivity index (χ2v) is 9.07. The van der Waals surface area contributed by atoms with Crippen molar-refractivity contribution in [1.82, 2.24) is 4.98 Å². The van der Waals surface area contributed by atoms with E-state index in [9.17, 15) is 4.79 Å². The van der Waals surface area contributed by atoms with E-state index in [1.807, 2.05) is 37.4 Å². The van der Waals surface area contributed by atoms with Crippen LogP contribution in [0.15, 0.2) is 40.8 Å². The third kappa shape index (κ3) is 3.35. The van der Waals surface area contributed by atoms with Crippen molar-refractivity contribution in [3.63, 3.8) is 0 Å². The summed E-state index contributed by atoms with van der Waals surface area (Å²) in [6, 6.07) is 11.7. The lowest BCUT2D eigenvalue weighted by Gasteiger charge is -2.46. The van der Waals surface area contributed by atoms with Crippen molar-refractivity contribution < 1.29 is 18.7 Å². The molecule has 8 nitrogen and oxygen atoms in total. The van der Waals surface area contributed by atoms with Gasteiger partial charge in [-0.3, -0.25) is 4.79 Å². The predicted molar refractivity (Wildman–Crippen MR) is 122 cm³/mol. The molecule has 2 saturated heterocycles. The number of anilines is 3. The van der Waals surface area contributed by atoms with Gasteiger partial charge in [-0.25, -0.2) is 0 Å². The van der Waals surface area contributed by atoms with Crippen molar-refractivity contribution in [2.45, 2.75) is 12.8 Å².